The highest BCUT2D eigenvalue weighted by Gasteiger charge is 2.26. The van der Waals surface area contributed by atoms with Crippen molar-refractivity contribution in [3.63, 3.8) is 0 Å². The fraction of sp³-hybridized carbons (Fsp3) is 0.635. The molecule has 0 aliphatic rings. The van der Waals surface area contributed by atoms with Crippen LogP contribution in [0.25, 0.3) is 0 Å². The zero-order chi connectivity index (χ0) is 44.8. The van der Waals surface area contributed by atoms with Crippen LogP contribution in [0.1, 0.15) is 155 Å². The Morgan fingerprint density at radius 2 is 0.902 bits per heavy atom. The number of quaternary nitrogens is 1. The Hall–Kier alpha value is -2.84. The Labute approximate surface area is 374 Å². The fourth-order valence-corrected chi connectivity index (χ4v) is 6.49. The number of carbonyl (C=O) groups excluding carboxylic acids is 1. The molecule has 0 amide bonds. The highest BCUT2D eigenvalue weighted by atomic mass is 31.2. The predicted octanol–water partition coefficient (Wildman–Crippen LogP) is 14.4. The van der Waals surface area contributed by atoms with Crippen molar-refractivity contribution in [1.29, 1.82) is 0 Å². The second-order valence-corrected chi connectivity index (χ2v) is 17.8. The zero-order valence-electron chi connectivity index (χ0n) is 39.4. The predicted molar refractivity (Wildman–Crippen MR) is 261 cm³/mol. The lowest BCUT2D eigenvalue weighted by Crippen LogP contribution is -2.37. The quantitative estimate of drug-likeness (QED) is 0.0215. The number of hydrogen-bond donors (Lipinski definition) is 1. The third-order valence-corrected chi connectivity index (χ3v) is 10.3. The molecule has 0 bridgehead atoms. The van der Waals surface area contributed by atoms with E-state index in [1.165, 1.54) is 25.7 Å². The lowest BCUT2D eigenvalue weighted by Gasteiger charge is -2.24. The van der Waals surface area contributed by atoms with Gasteiger partial charge in [0.15, 0.2) is 0 Å². The number of allylic oxidation sites excluding steroid dienone is 18. The lowest BCUT2D eigenvalue weighted by atomic mass is 10.1. The molecule has 0 aromatic rings. The number of ether oxygens (including phenoxy) is 2. The number of carbonyl (C=O) groups is 1. The van der Waals surface area contributed by atoms with E-state index < -0.39 is 13.9 Å². The molecule has 61 heavy (non-hydrogen) atoms. The van der Waals surface area contributed by atoms with Crippen LogP contribution in [0.3, 0.4) is 0 Å². The molecule has 1 N–H and O–H groups in total. The van der Waals surface area contributed by atoms with E-state index in [1.807, 2.05) is 21.1 Å². The number of unbranched alkanes of at least 4 members (excludes halogenated alkanes) is 10. The maximum absolute atomic E-state index is 12.7. The first-order valence-electron chi connectivity index (χ1n) is 23.6. The molecule has 0 aromatic carbocycles. The van der Waals surface area contributed by atoms with Crippen molar-refractivity contribution in [3.8, 4) is 0 Å². The van der Waals surface area contributed by atoms with Gasteiger partial charge >= 0.3 is 13.8 Å². The molecule has 0 aliphatic heterocycles. The van der Waals surface area contributed by atoms with Gasteiger partial charge in [-0.05, 0) is 96.3 Å². The van der Waals surface area contributed by atoms with Crippen LogP contribution in [0.5, 0.6) is 0 Å². The van der Waals surface area contributed by atoms with Crippen LogP contribution in [0.2, 0.25) is 0 Å². The lowest BCUT2D eigenvalue weighted by molar-refractivity contribution is -0.870. The van der Waals surface area contributed by atoms with Crippen LogP contribution in [0, 0.1) is 0 Å². The van der Waals surface area contributed by atoms with Gasteiger partial charge in [-0.3, -0.25) is 13.8 Å². The van der Waals surface area contributed by atoms with Gasteiger partial charge in [0.2, 0.25) is 0 Å². The molecule has 348 valence electrons. The SMILES string of the molecule is CC/C=C\C/C=C\C/C=C\C/C=C\C/C=C\C/C=C\CCCCCCCCCOCC(COP(=O)(O)OCC[N+](C)(C)C)OC(=O)CCCCC/C=C\C/C=C\C/C=C\CC. The maximum Gasteiger partial charge on any atom is 0.472 e. The first kappa shape index (κ1) is 58.2. The van der Waals surface area contributed by atoms with Gasteiger partial charge in [-0.25, -0.2) is 4.57 Å². The largest absolute Gasteiger partial charge is 0.472 e. The topological polar surface area (TPSA) is 91.3 Å². The Kier molecular flexibility index (Phi) is 41.8. The minimum atomic E-state index is -4.30. The molecule has 9 heteroatoms. The molecule has 2 atom stereocenters. The Morgan fingerprint density at radius 3 is 1.34 bits per heavy atom. The Bertz CT molecular complexity index is 1340. The third-order valence-electron chi connectivity index (χ3n) is 9.33. The molecule has 0 rings (SSSR count). The third kappa shape index (κ3) is 48.1. The van der Waals surface area contributed by atoms with E-state index in [0.29, 0.717) is 17.6 Å². The van der Waals surface area contributed by atoms with Crippen molar-refractivity contribution >= 4 is 13.8 Å². The summed E-state index contributed by atoms with van der Waals surface area (Å²) in [6.45, 7) is 5.29. The summed E-state index contributed by atoms with van der Waals surface area (Å²) in [5, 5.41) is 0. The molecular weight excluding hydrogens is 782 g/mol. The average Bonchev–Trinajstić information content (AvgIpc) is 3.22. The Morgan fingerprint density at radius 1 is 0.508 bits per heavy atom. The molecule has 2 unspecified atom stereocenters. The highest BCUT2D eigenvalue weighted by Crippen LogP contribution is 2.43. The van der Waals surface area contributed by atoms with Crippen molar-refractivity contribution in [1.82, 2.24) is 0 Å². The molecule has 0 spiro atoms. The Balaban J connectivity index is 4.22. The monoisotopic (exact) mass is 871 g/mol. The summed E-state index contributed by atoms with van der Waals surface area (Å²) in [4.78, 5) is 22.9. The van der Waals surface area contributed by atoms with Crippen LogP contribution >= 0.6 is 7.82 Å². The van der Waals surface area contributed by atoms with Crippen molar-refractivity contribution in [2.24, 2.45) is 0 Å². The molecule has 0 aliphatic carbocycles. The standard InChI is InChI=1S/C52H88NO7P/c1-6-8-10-12-14-16-18-20-21-22-23-24-25-26-27-28-29-30-31-32-34-36-38-40-42-44-47-57-49-51(50-59-61(55,56)58-48-46-53(3,4)5)60-52(54)45-43-41-39-37-35-33-19-17-15-13-11-9-7-2/h8-11,14-17,20-21,23-24,26-27,29-30,33,35,51H,6-7,12-13,18-19,22,25,28,31-32,34,36-50H2,1-5H3/p+1/b10-8-,11-9-,16-14-,17-15-,21-20-,24-23-,27-26-,30-29-,35-33-. The summed E-state index contributed by atoms with van der Waals surface area (Å²) < 4.78 is 35.0. The van der Waals surface area contributed by atoms with Gasteiger partial charge < -0.3 is 18.9 Å². The smallest absolute Gasteiger partial charge is 0.457 e. The van der Waals surface area contributed by atoms with Crippen molar-refractivity contribution in [2.75, 3.05) is 54.1 Å². The fourth-order valence-electron chi connectivity index (χ4n) is 5.75. The molecule has 0 heterocycles. The van der Waals surface area contributed by atoms with E-state index in [1.54, 1.807) is 0 Å². The molecular formula is C52H89NO7P+. The van der Waals surface area contributed by atoms with E-state index in [0.717, 1.165) is 109 Å². The van der Waals surface area contributed by atoms with Crippen LogP contribution in [-0.2, 0) is 27.9 Å². The van der Waals surface area contributed by atoms with E-state index >= 15 is 0 Å². The molecule has 0 aromatic heterocycles. The number of esters is 1. The molecule has 0 saturated carbocycles. The van der Waals surface area contributed by atoms with Gasteiger partial charge in [0, 0.05) is 13.0 Å². The minimum Gasteiger partial charge on any atom is -0.457 e. The van der Waals surface area contributed by atoms with Gasteiger partial charge in [0.1, 0.15) is 19.3 Å². The minimum absolute atomic E-state index is 0.0737. The van der Waals surface area contributed by atoms with Crippen LogP contribution in [0.15, 0.2) is 109 Å². The average molecular weight is 871 g/mol. The van der Waals surface area contributed by atoms with Crippen LogP contribution < -0.4 is 0 Å². The number of phosphoric ester groups is 1. The number of nitrogens with zero attached hydrogens (tertiary/aromatic N) is 1. The molecule has 0 radical (unpaired) electrons. The van der Waals surface area contributed by atoms with Gasteiger partial charge in [-0.15, -0.1) is 0 Å². The normalized spacial score (nSPS) is 14.7. The van der Waals surface area contributed by atoms with Gasteiger partial charge in [0.05, 0.1) is 34.4 Å². The van der Waals surface area contributed by atoms with Crippen LogP contribution in [-0.4, -0.2) is 75.6 Å². The highest BCUT2D eigenvalue weighted by molar-refractivity contribution is 7.47. The summed E-state index contributed by atoms with van der Waals surface area (Å²) in [5.74, 6) is -0.352. The number of rotatable bonds is 42. The van der Waals surface area contributed by atoms with Crippen molar-refractivity contribution < 1.29 is 37.3 Å². The first-order valence-corrected chi connectivity index (χ1v) is 25.1. The summed E-state index contributed by atoms with van der Waals surface area (Å²) in [6, 6.07) is 0. The summed E-state index contributed by atoms with van der Waals surface area (Å²) in [6.07, 6.45) is 61.4. The van der Waals surface area contributed by atoms with E-state index in [-0.39, 0.29) is 32.2 Å². The summed E-state index contributed by atoms with van der Waals surface area (Å²) in [5.41, 5.74) is 0. The molecule has 0 saturated heterocycles. The van der Waals surface area contributed by atoms with Gasteiger partial charge in [-0.1, -0.05) is 162 Å². The van der Waals surface area contributed by atoms with Gasteiger partial charge in [0.25, 0.3) is 0 Å². The number of hydrogen-bond acceptors (Lipinski definition) is 6. The van der Waals surface area contributed by atoms with E-state index in [9.17, 15) is 14.3 Å². The first-order chi connectivity index (χ1) is 29.6. The second kappa shape index (κ2) is 43.8. The maximum atomic E-state index is 12.7. The second-order valence-electron chi connectivity index (χ2n) is 16.4. The van der Waals surface area contributed by atoms with E-state index in [4.69, 9.17) is 18.5 Å². The number of phosphoric acid groups is 1. The molecule has 8 nitrogen and oxygen atoms in total. The van der Waals surface area contributed by atoms with Crippen LogP contribution in [0.4, 0.5) is 0 Å². The zero-order valence-corrected chi connectivity index (χ0v) is 40.2. The van der Waals surface area contributed by atoms with Crippen molar-refractivity contribution in [2.45, 2.75) is 161 Å². The summed E-state index contributed by atoms with van der Waals surface area (Å²) >= 11 is 0. The van der Waals surface area contributed by atoms with Crippen molar-refractivity contribution in [3.05, 3.63) is 109 Å². The number of likely N-dealkylation sites (N-methyl/N-ethyl adjacent to an activating group) is 1. The molecule has 0 fully saturated rings. The van der Waals surface area contributed by atoms with Gasteiger partial charge in [-0.2, -0.15) is 0 Å². The summed E-state index contributed by atoms with van der Waals surface area (Å²) in [7, 11) is 1.62. The van der Waals surface area contributed by atoms with E-state index in [2.05, 4.69) is 123 Å².